The summed E-state index contributed by atoms with van der Waals surface area (Å²) in [6.45, 7) is 7.08. The van der Waals surface area contributed by atoms with Crippen molar-refractivity contribution in [1.82, 2.24) is 0 Å². The molecule has 50 heavy (non-hydrogen) atoms. The van der Waals surface area contributed by atoms with E-state index in [0.717, 1.165) is 38.3 Å². The standard InChI is InChI=1S/C40H42BrN3O5Si/c1-26-38(50(3,4)32-16-14-31(48-2)15-17-32)36(21-22-45)49-40(26)33-24-29(41)13-19-35(33)43(39(40)47)25-27-9-8-12-30(23-27)44-37(46)20-18-34(42-44)28-10-6-5-7-11-28/h5-17,19,23-24,26,36,38,45H,18,20-22,25H2,1-4H3/t26-,36+,38-,40+/m0/s1. The highest BCUT2D eigenvalue weighted by Gasteiger charge is 2.66. The van der Waals surface area contributed by atoms with Crippen molar-refractivity contribution in [3.8, 4) is 5.75 Å². The Kier molecular flexibility index (Phi) is 9.32. The molecule has 0 unspecified atom stereocenters. The van der Waals surface area contributed by atoms with Crippen LogP contribution in [0.15, 0.2) is 107 Å². The third-order valence-electron chi connectivity index (χ3n) is 10.8. The van der Waals surface area contributed by atoms with Crippen LogP contribution >= 0.6 is 15.9 Å². The Morgan fingerprint density at radius 1 is 0.980 bits per heavy atom. The Morgan fingerprint density at radius 3 is 2.46 bits per heavy atom. The first-order chi connectivity index (χ1) is 24.1. The molecule has 1 N–H and O–H groups in total. The van der Waals surface area contributed by atoms with Gasteiger partial charge in [-0.3, -0.25) is 9.59 Å². The molecule has 0 aliphatic carbocycles. The molecule has 2 amide bonds. The normalized spacial score (nSPS) is 23.4. The number of hydrogen-bond acceptors (Lipinski definition) is 6. The van der Waals surface area contributed by atoms with Crippen LogP contribution in [0.2, 0.25) is 18.6 Å². The molecule has 4 atom stereocenters. The van der Waals surface area contributed by atoms with Crippen LogP contribution in [0.3, 0.4) is 0 Å². The van der Waals surface area contributed by atoms with Crippen molar-refractivity contribution < 1.29 is 24.2 Å². The van der Waals surface area contributed by atoms with Crippen LogP contribution in [-0.2, 0) is 26.5 Å². The van der Waals surface area contributed by atoms with E-state index in [1.54, 1.807) is 7.11 Å². The number of anilines is 2. The second kappa shape index (κ2) is 13.6. The number of ether oxygens (including phenoxy) is 2. The number of carbonyl (C=O) groups excluding carboxylic acids is 2. The number of benzene rings is 4. The molecule has 0 saturated carbocycles. The number of hydrazone groups is 1. The number of methoxy groups -OCH3 is 1. The van der Waals surface area contributed by atoms with Crippen molar-refractivity contribution in [2.45, 2.75) is 63.1 Å². The van der Waals surface area contributed by atoms with Gasteiger partial charge in [-0.15, -0.1) is 0 Å². The molecule has 1 spiro atoms. The number of amides is 2. The van der Waals surface area contributed by atoms with Gasteiger partial charge in [-0.1, -0.05) is 95.7 Å². The lowest BCUT2D eigenvalue weighted by atomic mass is 9.82. The van der Waals surface area contributed by atoms with Gasteiger partial charge in [-0.2, -0.15) is 5.10 Å². The minimum Gasteiger partial charge on any atom is -0.497 e. The highest BCUT2D eigenvalue weighted by molar-refractivity contribution is 9.10. The van der Waals surface area contributed by atoms with Crippen molar-refractivity contribution >= 4 is 58.1 Å². The summed E-state index contributed by atoms with van der Waals surface area (Å²) in [4.78, 5) is 30.0. The maximum absolute atomic E-state index is 15.0. The molecular formula is C40H42BrN3O5Si. The average molecular weight is 753 g/mol. The van der Waals surface area contributed by atoms with E-state index >= 15 is 4.79 Å². The fourth-order valence-electron chi connectivity index (χ4n) is 8.40. The Bertz CT molecular complexity index is 1950. The van der Waals surface area contributed by atoms with Gasteiger partial charge in [0.05, 0.1) is 44.9 Å². The largest absolute Gasteiger partial charge is 0.497 e. The summed E-state index contributed by atoms with van der Waals surface area (Å²) in [5, 5.41) is 17.7. The van der Waals surface area contributed by atoms with Crippen LogP contribution < -0.4 is 19.8 Å². The van der Waals surface area contributed by atoms with Crippen LogP contribution in [-0.4, -0.2) is 50.5 Å². The van der Waals surface area contributed by atoms with E-state index in [9.17, 15) is 9.90 Å². The maximum Gasteiger partial charge on any atom is 0.264 e. The van der Waals surface area contributed by atoms with E-state index < -0.39 is 13.7 Å². The second-order valence-electron chi connectivity index (χ2n) is 14.0. The minimum absolute atomic E-state index is 0.0310. The van der Waals surface area contributed by atoms with E-state index in [4.69, 9.17) is 14.6 Å². The van der Waals surface area contributed by atoms with Crippen molar-refractivity contribution in [3.63, 3.8) is 0 Å². The molecule has 3 aliphatic heterocycles. The van der Waals surface area contributed by atoms with Crippen molar-refractivity contribution in [1.29, 1.82) is 0 Å². The molecule has 8 nitrogen and oxygen atoms in total. The highest BCUT2D eigenvalue weighted by Crippen LogP contribution is 2.60. The zero-order valence-electron chi connectivity index (χ0n) is 28.8. The Balaban J connectivity index is 1.24. The lowest BCUT2D eigenvalue weighted by Gasteiger charge is -2.37. The van der Waals surface area contributed by atoms with Gasteiger partial charge in [0.15, 0.2) is 5.60 Å². The SMILES string of the molecule is COc1ccc([Si](C)(C)[C@@H]2[C@@H](CCO)O[C@]3(C(=O)N(Cc4cccc(N5N=C(c6ccccc6)CCC5=O)c4)c4ccc(Br)cc43)[C@H]2C)cc1. The van der Waals surface area contributed by atoms with Crippen LogP contribution in [0.4, 0.5) is 11.4 Å². The number of carbonyl (C=O) groups is 2. The van der Waals surface area contributed by atoms with E-state index in [2.05, 4.69) is 48.1 Å². The Labute approximate surface area is 302 Å². The van der Waals surface area contributed by atoms with Gasteiger partial charge >= 0.3 is 0 Å². The summed E-state index contributed by atoms with van der Waals surface area (Å²) in [5.41, 5.74) is 3.89. The zero-order chi connectivity index (χ0) is 35.2. The van der Waals surface area contributed by atoms with E-state index in [0.29, 0.717) is 31.5 Å². The van der Waals surface area contributed by atoms with Gasteiger partial charge in [0.25, 0.3) is 5.91 Å². The second-order valence-corrected chi connectivity index (χ2v) is 19.6. The predicted molar refractivity (Wildman–Crippen MR) is 203 cm³/mol. The predicted octanol–water partition coefficient (Wildman–Crippen LogP) is 7.13. The number of aliphatic hydroxyl groups excluding tert-OH is 1. The molecule has 3 heterocycles. The van der Waals surface area contributed by atoms with Gasteiger partial charge in [0, 0.05) is 35.4 Å². The fraction of sp³-hybridized carbons (Fsp3) is 0.325. The molecule has 4 aromatic carbocycles. The molecule has 0 bridgehead atoms. The summed E-state index contributed by atoms with van der Waals surface area (Å²) in [6, 6.07) is 31.9. The first-order valence-electron chi connectivity index (χ1n) is 17.2. The number of aliphatic hydroxyl groups is 1. The van der Waals surface area contributed by atoms with Gasteiger partial charge in [0.1, 0.15) is 5.75 Å². The van der Waals surface area contributed by atoms with Gasteiger partial charge in [-0.05, 0) is 65.6 Å². The molecule has 7 rings (SSSR count). The number of nitrogens with zero attached hydrogens (tertiary/aromatic N) is 3. The monoisotopic (exact) mass is 751 g/mol. The summed E-state index contributed by atoms with van der Waals surface area (Å²) in [7, 11) is -0.623. The van der Waals surface area contributed by atoms with Gasteiger partial charge in [-0.25, -0.2) is 5.01 Å². The third-order valence-corrected chi connectivity index (χ3v) is 15.7. The first-order valence-corrected chi connectivity index (χ1v) is 21.1. The fourth-order valence-corrected chi connectivity index (χ4v) is 12.8. The quantitative estimate of drug-likeness (QED) is 0.184. The summed E-state index contributed by atoms with van der Waals surface area (Å²) >= 11 is 3.68. The van der Waals surface area contributed by atoms with Crippen molar-refractivity contribution in [2.24, 2.45) is 11.0 Å². The molecule has 3 aliphatic rings. The minimum atomic E-state index is -2.29. The summed E-state index contributed by atoms with van der Waals surface area (Å²) in [6.07, 6.45) is 1.09. The lowest BCUT2D eigenvalue weighted by Crippen LogP contribution is -2.51. The lowest BCUT2D eigenvalue weighted by molar-refractivity contribution is -0.146. The Hall–Kier alpha value is -4.09. The molecule has 1 saturated heterocycles. The molecule has 258 valence electrons. The van der Waals surface area contributed by atoms with Crippen LogP contribution in [0, 0.1) is 5.92 Å². The van der Waals surface area contributed by atoms with Crippen LogP contribution in [0.1, 0.15) is 42.9 Å². The number of halogens is 1. The van der Waals surface area contributed by atoms with E-state index in [1.807, 2.05) is 89.8 Å². The van der Waals surface area contributed by atoms with Crippen LogP contribution in [0.25, 0.3) is 0 Å². The molecule has 1 fully saturated rings. The third kappa shape index (κ3) is 5.81. The molecular weight excluding hydrogens is 710 g/mol. The molecule has 0 radical (unpaired) electrons. The highest BCUT2D eigenvalue weighted by atomic mass is 79.9. The zero-order valence-corrected chi connectivity index (χ0v) is 31.4. The maximum atomic E-state index is 15.0. The van der Waals surface area contributed by atoms with Crippen molar-refractivity contribution in [2.75, 3.05) is 23.6 Å². The molecule has 0 aromatic heterocycles. The summed E-state index contributed by atoms with van der Waals surface area (Å²) < 4.78 is 13.3. The molecule has 10 heteroatoms. The smallest absolute Gasteiger partial charge is 0.264 e. The summed E-state index contributed by atoms with van der Waals surface area (Å²) in [5.74, 6) is 0.463. The van der Waals surface area contributed by atoms with Crippen LogP contribution in [0.5, 0.6) is 5.75 Å². The Morgan fingerprint density at radius 2 is 1.74 bits per heavy atom. The number of fused-ring (bicyclic) bond motifs is 2. The van der Waals surface area contributed by atoms with E-state index in [1.165, 1.54) is 10.2 Å². The van der Waals surface area contributed by atoms with E-state index in [-0.39, 0.29) is 36.0 Å². The van der Waals surface area contributed by atoms with Crippen molar-refractivity contribution in [3.05, 3.63) is 118 Å². The number of hydrogen-bond donors (Lipinski definition) is 1. The van der Waals surface area contributed by atoms with Gasteiger partial charge < -0.3 is 19.5 Å². The first kappa shape index (κ1) is 34.4. The number of rotatable bonds is 9. The molecule has 4 aromatic rings. The average Bonchev–Trinajstić information content (AvgIpc) is 3.55. The topological polar surface area (TPSA) is 91.7 Å². The van der Waals surface area contributed by atoms with Gasteiger partial charge in [0.2, 0.25) is 5.91 Å².